The minimum absolute atomic E-state index is 0.0676. The smallest absolute Gasteiger partial charge is 0.187 e. The second kappa shape index (κ2) is 2.64. The summed E-state index contributed by atoms with van der Waals surface area (Å²) in [6.07, 6.45) is 0.952. The fraction of sp³-hybridized carbons (Fsp3) is 1.00. The quantitative estimate of drug-likeness (QED) is 0.523. The van der Waals surface area contributed by atoms with Gasteiger partial charge in [0.2, 0.25) is 0 Å². The molecule has 10 heavy (non-hydrogen) atoms. The van der Waals surface area contributed by atoms with Crippen molar-refractivity contribution in [3.63, 3.8) is 0 Å². The Labute approximate surface area is 64.1 Å². The number of alkyl halides is 1. The van der Waals surface area contributed by atoms with Crippen LogP contribution in [0.5, 0.6) is 0 Å². The van der Waals surface area contributed by atoms with Crippen LogP contribution in [0.15, 0.2) is 0 Å². The zero-order chi connectivity index (χ0) is 6.97. The van der Waals surface area contributed by atoms with Crippen molar-refractivity contribution in [3.8, 4) is 0 Å². The van der Waals surface area contributed by atoms with Gasteiger partial charge in [-0.25, -0.2) is 0 Å². The van der Waals surface area contributed by atoms with E-state index in [1.807, 2.05) is 0 Å². The van der Waals surface area contributed by atoms with Gasteiger partial charge in [-0.3, -0.25) is 9.68 Å². The lowest BCUT2D eigenvalue weighted by Gasteiger charge is -2.49. The number of hydroxylamine groups is 2. The maximum absolute atomic E-state index is 5.55. The van der Waals surface area contributed by atoms with E-state index in [-0.39, 0.29) is 6.23 Å². The predicted molar refractivity (Wildman–Crippen MR) is 34.7 cm³/mol. The summed E-state index contributed by atoms with van der Waals surface area (Å²) < 4.78 is 0. The summed E-state index contributed by atoms with van der Waals surface area (Å²) in [5, 5.41) is 3.38. The van der Waals surface area contributed by atoms with Gasteiger partial charge in [0.1, 0.15) is 0 Å². The van der Waals surface area contributed by atoms with E-state index in [0.717, 1.165) is 19.6 Å². The maximum atomic E-state index is 5.55. The van der Waals surface area contributed by atoms with Gasteiger partial charge in [0.05, 0.1) is 12.5 Å². The zero-order valence-corrected chi connectivity index (χ0v) is 6.25. The van der Waals surface area contributed by atoms with Crippen LogP contribution < -0.4 is 0 Å². The lowest BCUT2D eigenvalue weighted by Crippen LogP contribution is -2.65. The molecule has 0 bridgehead atoms. The van der Waals surface area contributed by atoms with Gasteiger partial charge in [0.25, 0.3) is 0 Å². The van der Waals surface area contributed by atoms with Crippen molar-refractivity contribution in [2.45, 2.75) is 12.6 Å². The first kappa shape index (κ1) is 6.82. The molecule has 0 aromatic heterocycles. The van der Waals surface area contributed by atoms with Crippen LogP contribution in [0.2, 0.25) is 0 Å². The topological polar surface area (TPSA) is 24.9 Å². The summed E-state index contributed by atoms with van der Waals surface area (Å²) in [5.74, 6) is 0.455. The number of hydrogen-bond acceptors (Lipinski definition) is 4. The second-order valence-electron chi connectivity index (χ2n) is 2.28. The Balaban J connectivity index is 1.89. The van der Waals surface area contributed by atoms with Crippen LogP contribution in [-0.2, 0) is 9.68 Å². The van der Waals surface area contributed by atoms with Crippen LogP contribution >= 0.6 is 11.6 Å². The van der Waals surface area contributed by atoms with Gasteiger partial charge in [-0.2, -0.15) is 0 Å². The molecule has 2 aliphatic heterocycles. The Kier molecular flexibility index (Phi) is 1.80. The molecular formula is C5H9ClN2O2. The molecule has 4 nitrogen and oxygen atoms in total. The highest BCUT2D eigenvalue weighted by Gasteiger charge is 2.40. The molecule has 2 aliphatic rings. The highest BCUT2D eigenvalue weighted by Crippen LogP contribution is 2.24. The molecule has 0 aromatic rings. The number of fused-ring (bicyclic) bond motifs is 1. The van der Waals surface area contributed by atoms with E-state index in [2.05, 4.69) is 0 Å². The number of hydrogen-bond donors (Lipinski definition) is 0. The molecule has 0 saturated carbocycles. The van der Waals surface area contributed by atoms with Gasteiger partial charge in [-0.15, -0.1) is 11.6 Å². The Bertz CT molecular complexity index is 131. The van der Waals surface area contributed by atoms with Gasteiger partial charge in [0.15, 0.2) is 6.23 Å². The third-order valence-electron chi connectivity index (χ3n) is 1.56. The van der Waals surface area contributed by atoms with Crippen LogP contribution in [0.4, 0.5) is 0 Å². The monoisotopic (exact) mass is 164 g/mol. The Morgan fingerprint density at radius 2 is 2.50 bits per heavy atom. The number of nitrogens with zero attached hydrogens (tertiary/aromatic N) is 2. The maximum Gasteiger partial charge on any atom is 0.187 e. The SMILES string of the molecule is ClCC1ON2CCCON12. The summed E-state index contributed by atoms with van der Waals surface area (Å²) >= 11 is 5.55. The fourth-order valence-electron chi connectivity index (χ4n) is 1.07. The average Bonchev–Trinajstić information content (AvgIpc) is 1.92. The van der Waals surface area contributed by atoms with Crippen molar-refractivity contribution >= 4 is 11.6 Å². The summed E-state index contributed by atoms with van der Waals surface area (Å²) in [6, 6.07) is 0. The van der Waals surface area contributed by atoms with E-state index < -0.39 is 0 Å². The van der Waals surface area contributed by atoms with Crippen molar-refractivity contribution in [2.24, 2.45) is 0 Å². The van der Waals surface area contributed by atoms with Crippen LogP contribution in [0.3, 0.4) is 0 Å². The van der Waals surface area contributed by atoms with E-state index in [0.29, 0.717) is 5.88 Å². The van der Waals surface area contributed by atoms with Crippen molar-refractivity contribution in [1.82, 2.24) is 10.3 Å². The van der Waals surface area contributed by atoms with Gasteiger partial charge < -0.3 is 0 Å². The lowest BCUT2D eigenvalue weighted by atomic mass is 10.4. The van der Waals surface area contributed by atoms with E-state index in [1.165, 1.54) is 0 Å². The van der Waals surface area contributed by atoms with Crippen LogP contribution in [0, 0.1) is 0 Å². The molecule has 0 aromatic carbocycles. The first-order chi connectivity index (χ1) is 4.92. The third kappa shape index (κ3) is 0.926. The minimum Gasteiger partial charge on any atom is -0.279 e. The summed E-state index contributed by atoms with van der Waals surface area (Å²) in [4.78, 5) is 10.4. The number of halogens is 1. The third-order valence-corrected chi connectivity index (χ3v) is 1.82. The van der Waals surface area contributed by atoms with E-state index in [1.54, 1.807) is 10.3 Å². The van der Waals surface area contributed by atoms with Gasteiger partial charge in [-0.1, -0.05) is 10.3 Å². The minimum atomic E-state index is -0.0676. The summed E-state index contributed by atoms with van der Waals surface area (Å²) in [6.45, 7) is 1.68. The fourth-order valence-corrected chi connectivity index (χ4v) is 1.25. The second-order valence-corrected chi connectivity index (χ2v) is 2.59. The normalized spacial score (nSPS) is 35.1. The Morgan fingerprint density at radius 3 is 3.20 bits per heavy atom. The molecule has 2 fully saturated rings. The van der Waals surface area contributed by atoms with Crippen molar-refractivity contribution in [3.05, 3.63) is 0 Å². The van der Waals surface area contributed by atoms with Gasteiger partial charge in [-0.05, 0) is 6.42 Å². The molecule has 1 unspecified atom stereocenters. The average molecular weight is 165 g/mol. The molecule has 58 valence electrons. The van der Waals surface area contributed by atoms with E-state index in [4.69, 9.17) is 21.3 Å². The first-order valence-electron chi connectivity index (χ1n) is 3.34. The molecule has 2 heterocycles. The van der Waals surface area contributed by atoms with Crippen LogP contribution in [-0.4, -0.2) is 35.6 Å². The zero-order valence-electron chi connectivity index (χ0n) is 5.49. The molecule has 0 aliphatic carbocycles. The largest absolute Gasteiger partial charge is 0.279 e. The van der Waals surface area contributed by atoms with Crippen molar-refractivity contribution in [2.75, 3.05) is 19.0 Å². The molecule has 5 heteroatoms. The Hall–Kier alpha value is 0.130. The summed E-state index contributed by atoms with van der Waals surface area (Å²) in [7, 11) is 0. The molecule has 0 spiro atoms. The summed E-state index contributed by atoms with van der Waals surface area (Å²) in [5.41, 5.74) is 0. The lowest BCUT2D eigenvalue weighted by molar-refractivity contribution is -0.574. The van der Waals surface area contributed by atoms with Crippen molar-refractivity contribution < 1.29 is 9.68 Å². The molecule has 0 amide bonds. The standard InChI is InChI=1S/C5H9ClN2O2/c6-4-5-8-7(10-5)2-1-3-9-8/h5H,1-4H2. The predicted octanol–water partition coefficient (Wildman–Crippen LogP) is 0.351. The van der Waals surface area contributed by atoms with Gasteiger partial charge >= 0.3 is 0 Å². The highest BCUT2D eigenvalue weighted by atomic mass is 35.5. The van der Waals surface area contributed by atoms with Gasteiger partial charge in [0, 0.05) is 6.54 Å². The number of rotatable bonds is 1. The van der Waals surface area contributed by atoms with E-state index >= 15 is 0 Å². The molecular weight excluding hydrogens is 156 g/mol. The molecule has 2 rings (SSSR count). The molecule has 0 radical (unpaired) electrons. The van der Waals surface area contributed by atoms with Crippen LogP contribution in [0.1, 0.15) is 6.42 Å². The molecule has 1 atom stereocenters. The highest BCUT2D eigenvalue weighted by molar-refractivity contribution is 6.18. The van der Waals surface area contributed by atoms with Crippen LogP contribution in [0.25, 0.3) is 0 Å². The molecule has 2 saturated heterocycles. The Morgan fingerprint density at radius 1 is 1.60 bits per heavy atom. The first-order valence-corrected chi connectivity index (χ1v) is 3.87. The number of hydrazine groups is 1. The van der Waals surface area contributed by atoms with E-state index in [9.17, 15) is 0 Å². The van der Waals surface area contributed by atoms with Crippen molar-refractivity contribution in [1.29, 1.82) is 0 Å². The molecule has 0 N–H and O–H groups in total.